The summed E-state index contributed by atoms with van der Waals surface area (Å²) in [5, 5.41) is 19.8. The molecule has 1 aromatic heterocycles. The number of fused-ring (bicyclic) bond motifs is 1. The highest BCUT2D eigenvalue weighted by molar-refractivity contribution is 7.20. The molecule has 0 aliphatic carbocycles. The molecular formula is C23H20FN5O3S. The van der Waals surface area contributed by atoms with Crippen LogP contribution in [0.5, 0.6) is 0 Å². The number of aliphatic hydroxyl groups excluding tert-OH is 1. The third-order valence-corrected chi connectivity index (χ3v) is 5.62. The molecule has 3 aromatic carbocycles. The van der Waals surface area contributed by atoms with E-state index >= 15 is 0 Å². The Labute approximate surface area is 192 Å². The second kappa shape index (κ2) is 9.63. The molecule has 4 rings (SSSR count). The average molecular weight is 466 g/mol. The van der Waals surface area contributed by atoms with Crippen LogP contribution in [-0.4, -0.2) is 35.1 Å². The number of rotatable bonds is 8. The molecule has 6 N–H and O–H groups in total. The molecule has 0 spiro atoms. The Balaban J connectivity index is 1.53. The summed E-state index contributed by atoms with van der Waals surface area (Å²) in [7, 11) is 0. The highest BCUT2D eigenvalue weighted by Gasteiger charge is 2.19. The molecule has 8 nitrogen and oxygen atoms in total. The first-order chi connectivity index (χ1) is 15.9. The standard InChI is InChI=1S/C23H20FN5O3S/c24-16-5-1-13-2-8-18(12-15(13)11-16)27-23-28-19(20(25)31)22(33-23)29-21(32)14-3-6-17(7-4-14)26-9-10-30/h1-8,11-12,26,30H,9-10H2,(H2,25,31)(H,27,28)(H,29,32). The first-order valence-electron chi connectivity index (χ1n) is 9.96. The Hall–Kier alpha value is -4.02. The Kier molecular flexibility index (Phi) is 6.48. The summed E-state index contributed by atoms with van der Waals surface area (Å²) in [4.78, 5) is 28.7. The number of benzene rings is 3. The van der Waals surface area contributed by atoms with E-state index in [2.05, 4.69) is 20.9 Å². The molecule has 0 aliphatic heterocycles. The van der Waals surface area contributed by atoms with Gasteiger partial charge in [0.15, 0.2) is 10.8 Å². The zero-order valence-electron chi connectivity index (χ0n) is 17.3. The van der Waals surface area contributed by atoms with Crippen LogP contribution in [0.4, 0.5) is 25.9 Å². The number of aliphatic hydroxyl groups is 1. The maximum absolute atomic E-state index is 13.5. The second-order valence-electron chi connectivity index (χ2n) is 7.07. The number of amides is 2. The van der Waals surface area contributed by atoms with Crippen LogP contribution in [0, 0.1) is 5.82 Å². The molecule has 0 fully saturated rings. The van der Waals surface area contributed by atoms with E-state index in [-0.39, 0.29) is 23.1 Å². The zero-order chi connectivity index (χ0) is 23.4. The minimum atomic E-state index is -0.779. The monoisotopic (exact) mass is 465 g/mol. The number of anilines is 4. The van der Waals surface area contributed by atoms with Crippen molar-refractivity contribution in [2.45, 2.75) is 0 Å². The number of thiazole rings is 1. The van der Waals surface area contributed by atoms with Crippen LogP contribution in [-0.2, 0) is 0 Å². The van der Waals surface area contributed by atoms with Crippen LogP contribution >= 0.6 is 11.3 Å². The third kappa shape index (κ3) is 5.25. The van der Waals surface area contributed by atoms with Gasteiger partial charge in [0.1, 0.15) is 10.8 Å². The van der Waals surface area contributed by atoms with E-state index in [0.717, 1.165) is 22.4 Å². The van der Waals surface area contributed by atoms with Crippen LogP contribution < -0.4 is 21.7 Å². The number of nitrogens with one attached hydrogen (secondary N) is 3. The van der Waals surface area contributed by atoms with Crippen LogP contribution in [0.25, 0.3) is 10.8 Å². The number of primary amides is 1. The predicted molar refractivity (Wildman–Crippen MR) is 128 cm³/mol. The SMILES string of the molecule is NC(=O)c1nc(Nc2ccc3ccc(F)cc3c2)sc1NC(=O)c1ccc(NCCO)cc1. The molecule has 0 radical (unpaired) electrons. The summed E-state index contributed by atoms with van der Waals surface area (Å²) in [6, 6.07) is 16.6. The molecule has 0 bridgehead atoms. The van der Waals surface area contributed by atoms with Gasteiger partial charge in [-0.3, -0.25) is 9.59 Å². The minimum Gasteiger partial charge on any atom is -0.395 e. The Morgan fingerprint density at radius 2 is 1.73 bits per heavy atom. The number of aromatic nitrogens is 1. The van der Waals surface area contributed by atoms with Crippen molar-refractivity contribution in [3.63, 3.8) is 0 Å². The van der Waals surface area contributed by atoms with Gasteiger partial charge in [0.25, 0.3) is 11.8 Å². The lowest BCUT2D eigenvalue weighted by Gasteiger charge is -2.07. The van der Waals surface area contributed by atoms with Crippen molar-refractivity contribution in [1.82, 2.24) is 4.98 Å². The summed E-state index contributed by atoms with van der Waals surface area (Å²) in [6.07, 6.45) is 0. The van der Waals surface area contributed by atoms with E-state index in [0.29, 0.717) is 28.3 Å². The molecule has 168 valence electrons. The van der Waals surface area contributed by atoms with Gasteiger partial charge < -0.3 is 26.8 Å². The molecule has 0 aliphatic rings. The normalized spacial score (nSPS) is 10.7. The van der Waals surface area contributed by atoms with Crippen LogP contribution in [0.2, 0.25) is 0 Å². The maximum Gasteiger partial charge on any atom is 0.270 e. The average Bonchev–Trinajstić information content (AvgIpc) is 3.20. The van der Waals surface area contributed by atoms with Gasteiger partial charge in [-0.15, -0.1) is 0 Å². The number of halogens is 1. The van der Waals surface area contributed by atoms with Gasteiger partial charge in [-0.2, -0.15) is 0 Å². The van der Waals surface area contributed by atoms with E-state index in [9.17, 15) is 14.0 Å². The summed E-state index contributed by atoms with van der Waals surface area (Å²) < 4.78 is 13.5. The second-order valence-corrected chi connectivity index (χ2v) is 8.07. The molecule has 2 amide bonds. The number of hydrogen-bond acceptors (Lipinski definition) is 7. The van der Waals surface area contributed by atoms with Crippen molar-refractivity contribution in [2.75, 3.05) is 29.1 Å². The summed E-state index contributed by atoms with van der Waals surface area (Å²) >= 11 is 1.06. The number of carbonyl (C=O) groups excluding carboxylic acids is 2. The Morgan fingerprint density at radius 1 is 1.00 bits per heavy atom. The van der Waals surface area contributed by atoms with E-state index < -0.39 is 11.8 Å². The molecule has 0 saturated carbocycles. The predicted octanol–water partition coefficient (Wildman–Crippen LogP) is 3.93. The number of nitrogens with two attached hydrogens (primary N) is 1. The molecule has 0 saturated heterocycles. The first-order valence-corrected chi connectivity index (χ1v) is 10.8. The summed E-state index contributed by atoms with van der Waals surface area (Å²) in [6.45, 7) is 0.395. The van der Waals surface area contributed by atoms with Gasteiger partial charge >= 0.3 is 0 Å². The van der Waals surface area contributed by atoms with Crippen molar-refractivity contribution in [3.05, 3.63) is 77.7 Å². The summed E-state index contributed by atoms with van der Waals surface area (Å²) in [5.41, 5.74) is 7.16. The van der Waals surface area contributed by atoms with Crippen molar-refractivity contribution in [3.8, 4) is 0 Å². The zero-order valence-corrected chi connectivity index (χ0v) is 18.1. The van der Waals surface area contributed by atoms with Crippen molar-refractivity contribution >= 4 is 55.4 Å². The third-order valence-electron chi connectivity index (χ3n) is 4.73. The number of hydrogen-bond donors (Lipinski definition) is 5. The fourth-order valence-electron chi connectivity index (χ4n) is 3.16. The molecule has 1 heterocycles. The molecule has 33 heavy (non-hydrogen) atoms. The topological polar surface area (TPSA) is 129 Å². The van der Waals surface area contributed by atoms with Crippen molar-refractivity contribution in [2.24, 2.45) is 5.73 Å². The molecule has 10 heteroatoms. The first kappa shape index (κ1) is 22.2. The van der Waals surface area contributed by atoms with E-state index in [1.54, 1.807) is 42.5 Å². The molecule has 0 unspecified atom stereocenters. The summed E-state index contributed by atoms with van der Waals surface area (Å²) in [5.74, 6) is -1.55. The largest absolute Gasteiger partial charge is 0.395 e. The fraction of sp³-hybridized carbons (Fsp3) is 0.0870. The lowest BCUT2D eigenvalue weighted by molar-refractivity contribution is 0.0997. The van der Waals surface area contributed by atoms with Crippen molar-refractivity contribution in [1.29, 1.82) is 0 Å². The van der Waals surface area contributed by atoms with E-state index in [1.165, 1.54) is 12.1 Å². The van der Waals surface area contributed by atoms with Gasteiger partial charge in [0.2, 0.25) is 0 Å². The van der Waals surface area contributed by atoms with E-state index in [1.807, 2.05) is 6.07 Å². The lowest BCUT2D eigenvalue weighted by atomic mass is 10.1. The molecular weight excluding hydrogens is 445 g/mol. The van der Waals surface area contributed by atoms with Gasteiger partial charge in [-0.05, 0) is 59.3 Å². The van der Waals surface area contributed by atoms with Gasteiger partial charge in [0, 0.05) is 23.5 Å². The van der Waals surface area contributed by atoms with Crippen LogP contribution in [0.1, 0.15) is 20.8 Å². The number of carbonyl (C=O) groups is 2. The Morgan fingerprint density at radius 3 is 2.45 bits per heavy atom. The highest BCUT2D eigenvalue weighted by Crippen LogP contribution is 2.32. The van der Waals surface area contributed by atoms with Gasteiger partial charge in [-0.1, -0.05) is 23.5 Å². The molecule has 0 atom stereocenters. The highest BCUT2D eigenvalue weighted by atomic mass is 32.1. The van der Waals surface area contributed by atoms with E-state index in [4.69, 9.17) is 10.8 Å². The molecule has 4 aromatic rings. The van der Waals surface area contributed by atoms with Crippen LogP contribution in [0.15, 0.2) is 60.7 Å². The number of nitrogens with zero attached hydrogens (tertiary/aromatic N) is 1. The smallest absolute Gasteiger partial charge is 0.270 e. The van der Waals surface area contributed by atoms with Crippen molar-refractivity contribution < 1.29 is 19.1 Å². The Bertz CT molecular complexity index is 1320. The maximum atomic E-state index is 13.5. The van der Waals surface area contributed by atoms with Crippen LogP contribution in [0.3, 0.4) is 0 Å². The van der Waals surface area contributed by atoms with Gasteiger partial charge in [-0.25, -0.2) is 9.37 Å². The fourth-order valence-corrected chi connectivity index (χ4v) is 4.04. The quantitative estimate of drug-likeness (QED) is 0.268. The minimum absolute atomic E-state index is 0.00400. The van der Waals surface area contributed by atoms with Gasteiger partial charge in [0.05, 0.1) is 6.61 Å². The lowest BCUT2D eigenvalue weighted by Crippen LogP contribution is -2.17.